The van der Waals surface area contributed by atoms with Gasteiger partial charge in [0.2, 0.25) is 0 Å². The van der Waals surface area contributed by atoms with Crippen LogP contribution in [-0.4, -0.2) is 0 Å². The second kappa shape index (κ2) is 6.02. The summed E-state index contributed by atoms with van der Waals surface area (Å²) in [7, 11) is 0. The minimum atomic E-state index is 0.142. The number of benzene rings is 1. The van der Waals surface area contributed by atoms with Gasteiger partial charge in [0.15, 0.2) is 0 Å². The standard InChI is InChI=1S/C25H28/c1-5-18-11-12-21-20(15-18)16-23-22(21)13-14-25(6-2,17(3)4)24(23)19-9-7-8-10-19/h7-9,11-17H,5-6,10H2,1-4H3. The molecule has 0 spiro atoms. The van der Waals surface area contributed by atoms with E-state index in [9.17, 15) is 0 Å². The fourth-order valence-corrected chi connectivity index (χ4v) is 4.82. The molecule has 4 rings (SSSR count). The van der Waals surface area contributed by atoms with Crippen LogP contribution in [-0.2, 0) is 6.42 Å². The molecule has 1 aromatic carbocycles. The minimum absolute atomic E-state index is 0.142. The Bertz CT molecular complexity index is 960. The van der Waals surface area contributed by atoms with Gasteiger partial charge in [-0.3, -0.25) is 0 Å². The molecule has 0 bridgehead atoms. The second-order valence-electron chi connectivity index (χ2n) is 7.83. The Morgan fingerprint density at radius 1 is 1.12 bits per heavy atom. The molecule has 25 heavy (non-hydrogen) atoms. The largest absolute Gasteiger partial charge is 0.0801 e. The summed E-state index contributed by atoms with van der Waals surface area (Å²) in [5, 5.41) is 2.80. The zero-order valence-corrected chi connectivity index (χ0v) is 15.9. The van der Waals surface area contributed by atoms with Gasteiger partial charge in [-0.2, -0.15) is 0 Å². The van der Waals surface area contributed by atoms with Crippen LogP contribution in [0.5, 0.6) is 0 Å². The lowest BCUT2D eigenvalue weighted by molar-refractivity contribution is 0.313. The van der Waals surface area contributed by atoms with Gasteiger partial charge in [-0.25, -0.2) is 0 Å². The van der Waals surface area contributed by atoms with E-state index in [1.165, 1.54) is 32.7 Å². The zero-order chi connectivity index (χ0) is 17.6. The maximum absolute atomic E-state index is 2.50. The lowest BCUT2D eigenvalue weighted by Gasteiger charge is -2.41. The molecule has 0 fully saturated rings. The number of hydrogen-bond donors (Lipinski definition) is 0. The molecule has 3 aliphatic rings. The molecule has 0 heterocycles. The summed E-state index contributed by atoms with van der Waals surface area (Å²) in [6.45, 7) is 9.33. The molecule has 1 aromatic rings. The van der Waals surface area contributed by atoms with E-state index in [4.69, 9.17) is 0 Å². The molecule has 0 amide bonds. The molecule has 0 heteroatoms. The van der Waals surface area contributed by atoms with Crippen LogP contribution in [0.25, 0.3) is 11.6 Å². The lowest BCUT2D eigenvalue weighted by atomic mass is 9.62. The summed E-state index contributed by atoms with van der Waals surface area (Å²) >= 11 is 0. The zero-order valence-electron chi connectivity index (χ0n) is 15.9. The molecular formula is C25H28. The van der Waals surface area contributed by atoms with Crippen molar-refractivity contribution < 1.29 is 0 Å². The third-order valence-electron chi connectivity index (χ3n) is 6.39. The minimum Gasteiger partial charge on any atom is -0.0801 e. The molecule has 1 unspecified atom stereocenters. The van der Waals surface area contributed by atoms with Crippen LogP contribution in [0.4, 0.5) is 0 Å². The molecule has 128 valence electrons. The van der Waals surface area contributed by atoms with E-state index in [1.807, 2.05) is 0 Å². The van der Waals surface area contributed by atoms with Gasteiger partial charge in [0.1, 0.15) is 0 Å². The highest BCUT2D eigenvalue weighted by atomic mass is 14.4. The van der Waals surface area contributed by atoms with Gasteiger partial charge in [-0.1, -0.05) is 76.3 Å². The average molecular weight is 328 g/mol. The van der Waals surface area contributed by atoms with Gasteiger partial charge in [0.05, 0.1) is 0 Å². The Hall–Kier alpha value is -2.08. The van der Waals surface area contributed by atoms with Crippen LogP contribution in [0.1, 0.15) is 46.1 Å². The first-order valence-corrected chi connectivity index (χ1v) is 9.76. The number of rotatable bonds is 4. The van der Waals surface area contributed by atoms with Gasteiger partial charge in [0.25, 0.3) is 0 Å². The van der Waals surface area contributed by atoms with Crippen molar-refractivity contribution in [3.05, 3.63) is 81.3 Å². The van der Waals surface area contributed by atoms with Gasteiger partial charge >= 0.3 is 0 Å². The predicted molar refractivity (Wildman–Crippen MR) is 109 cm³/mol. The van der Waals surface area contributed by atoms with Crippen LogP contribution >= 0.6 is 0 Å². The molecule has 1 atom stereocenters. The van der Waals surface area contributed by atoms with E-state index in [1.54, 1.807) is 5.57 Å². The molecule has 0 saturated heterocycles. The van der Waals surface area contributed by atoms with Gasteiger partial charge in [-0.05, 0) is 69.5 Å². The molecular weight excluding hydrogens is 300 g/mol. The van der Waals surface area contributed by atoms with Crippen LogP contribution < -0.4 is 10.4 Å². The summed E-state index contributed by atoms with van der Waals surface area (Å²) in [4.78, 5) is 0. The van der Waals surface area contributed by atoms with Crippen LogP contribution in [0, 0.1) is 11.3 Å². The first-order chi connectivity index (χ1) is 12.1. The van der Waals surface area contributed by atoms with E-state index >= 15 is 0 Å². The number of fused-ring (bicyclic) bond motifs is 2. The fourth-order valence-electron chi connectivity index (χ4n) is 4.82. The summed E-state index contributed by atoms with van der Waals surface area (Å²) in [5.41, 5.74) is 7.53. The normalized spacial score (nSPS) is 23.9. The second-order valence-corrected chi connectivity index (χ2v) is 7.83. The number of aryl methyl sites for hydroxylation is 1. The van der Waals surface area contributed by atoms with Crippen molar-refractivity contribution in [2.24, 2.45) is 11.3 Å². The molecule has 0 aromatic heterocycles. The van der Waals surface area contributed by atoms with Crippen LogP contribution in [0.15, 0.2) is 65.3 Å². The Labute approximate surface area is 151 Å². The number of hydrogen-bond acceptors (Lipinski definition) is 0. The molecule has 3 aliphatic carbocycles. The van der Waals surface area contributed by atoms with Crippen molar-refractivity contribution in [1.29, 1.82) is 0 Å². The smallest absolute Gasteiger partial charge is 0.0164 e. The van der Waals surface area contributed by atoms with Crippen molar-refractivity contribution in [2.45, 2.75) is 47.0 Å². The fraction of sp³-hybridized carbons (Fsp3) is 0.360. The molecule has 0 N–H and O–H groups in total. The first kappa shape index (κ1) is 16.4. The Morgan fingerprint density at radius 3 is 2.60 bits per heavy atom. The van der Waals surface area contributed by atoms with Crippen LogP contribution in [0.2, 0.25) is 0 Å². The van der Waals surface area contributed by atoms with Gasteiger partial charge in [-0.15, -0.1) is 0 Å². The van der Waals surface area contributed by atoms with E-state index < -0.39 is 0 Å². The van der Waals surface area contributed by atoms with Crippen LogP contribution in [0.3, 0.4) is 0 Å². The molecule has 0 aliphatic heterocycles. The van der Waals surface area contributed by atoms with Crippen molar-refractivity contribution in [1.82, 2.24) is 0 Å². The summed E-state index contributed by atoms with van der Waals surface area (Å²) < 4.78 is 0. The monoisotopic (exact) mass is 328 g/mol. The first-order valence-electron chi connectivity index (χ1n) is 9.76. The summed E-state index contributed by atoms with van der Waals surface area (Å²) in [6.07, 6.45) is 17.5. The van der Waals surface area contributed by atoms with E-state index in [2.05, 4.69) is 82.4 Å². The van der Waals surface area contributed by atoms with Crippen molar-refractivity contribution in [2.75, 3.05) is 0 Å². The average Bonchev–Trinajstić information content (AvgIpc) is 3.27. The van der Waals surface area contributed by atoms with Gasteiger partial charge < -0.3 is 0 Å². The van der Waals surface area contributed by atoms with Crippen molar-refractivity contribution in [3.63, 3.8) is 0 Å². The third kappa shape index (κ3) is 2.34. The SMILES string of the molecule is CCc1ccc2c(c1)=CC1=C(C3=CC=CC3)C(CC)(C(C)C)C=CC=21. The summed E-state index contributed by atoms with van der Waals surface area (Å²) in [5.74, 6) is 0.586. The Balaban J connectivity index is 2.03. The molecule has 0 nitrogen and oxygen atoms in total. The van der Waals surface area contributed by atoms with Gasteiger partial charge in [0, 0.05) is 5.41 Å². The topological polar surface area (TPSA) is 0 Å². The van der Waals surface area contributed by atoms with Crippen molar-refractivity contribution >= 4 is 11.6 Å². The quantitative estimate of drug-likeness (QED) is 0.730. The lowest BCUT2D eigenvalue weighted by Crippen LogP contribution is -2.31. The third-order valence-corrected chi connectivity index (χ3v) is 6.39. The highest BCUT2D eigenvalue weighted by Crippen LogP contribution is 2.51. The maximum atomic E-state index is 2.50. The van der Waals surface area contributed by atoms with E-state index in [0.717, 1.165) is 19.3 Å². The number of allylic oxidation sites excluding steroid dienone is 8. The van der Waals surface area contributed by atoms with Crippen molar-refractivity contribution in [3.8, 4) is 0 Å². The maximum Gasteiger partial charge on any atom is 0.0164 e. The molecule has 0 radical (unpaired) electrons. The van der Waals surface area contributed by atoms with E-state index in [-0.39, 0.29) is 5.41 Å². The van der Waals surface area contributed by atoms with E-state index in [0.29, 0.717) is 5.92 Å². The summed E-state index contributed by atoms with van der Waals surface area (Å²) in [6, 6.07) is 6.99. The Morgan fingerprint density at radius 2 is 1.96 bits per heavy atom. The predicted octanol–water partition coefficient (Wildman–Crippen LogP) is 5.00. The highest BCUT2D eigenvalue weighted by Gasteiger charge is 2.40. The Kier molecular flexibility index (Phi) is 3.95. The highest BCUT2D eigenvalue weighted by molar-refractivity contribution is 5.91. The molecule has 0 saturated carbocycles.